The fraction of sp³-hybridized carbons (Fsp3) is 0.222. The molecule has 0 spiro atoms. The molecule has 70 valence electrons. The van der Waals surface area contributed by atoms with Crippen LogP contribution in [0.1, 0.15) is 10.4 Å². The molecular weight excluding hydrogens is 175 g/mol. The average molecular weight is 184 g/mol. The third kappa shape index (κ3) is 2.26. The normalized spacial score (nSPS) is 9.69. The van der Waals surface area contributed by atoms with Gasteiger partial charge in [0.2, 0.25) is 0 Å². The van der Waals surface area contributed by atoms with Crippen LogP contribution >= 0.6 is 0 Å². The lowest BCUT2D eigenvalue weighted by Crippen LogP contribution is -2.03. The van der Waals surface area contributed by atoms with E-state index in [-0.39, 0.29) is 18.1 Å². The molecule has 0 atom stereocenters. The van der Waals surface area contributed by atoms with Gasteiger partial charge in [-0.25, -0.2) is 4.39 Å². The molecule has 1 aromatic rings. The highest BCUT2D eigenvalue weighted by atomic mass is 19.1. The number of hydrogen-bond donors (Lipinski definition) is 0. The molecule has 0 aliphatic rings. The molecule has 0 amide bonds. The van der Waals surface area contributed by atoms with E-state index in [2.05, 4.69) is 4.74 Å². The van der Waals surface area contributed by atoms with Gasteiger partial charge in [0.25, 0.3) is 0 Å². The van der Waals surface area contributed by atoms with Crippen molar-refractivity contribution in [1.29, 1.82) is 0 Å². The highest BCUT2D eigenvalue weighted by Crippen LogP contribution is 2.20. The molecular formula is C9H9FO3. The van der Waals surface area contributed by atoms with Crippen molar-refractivity contribution in [3.63, 3.8) is 0 Å². The van der Waals surface area contributed by atoms with E-state index in [1.165, 1.54) is 25.3 Å². The molecule has 0 aromatic heterocycles. The number of para-hydroxylation sites is 1. The zero-order valence-electron chi connectivity index (χ0n) is 7.12. The van der Waals surface area contributed by atoms with Crippen LogP contribution in [0.2, 0.25) is 0 Å². The molecule has 0 radical (unpaired) electrons. The van der Waals surface area contributed by atoms with E-state index in [0.717, 1.165) is 0 Å². The van der Waals surface area contributed by atoms with Crippen molar-refractivity contribution in [2.75, 3.05) is 13.9 Å². The van der Waals surface area contributed by atoms with Crippen molar-refractivity contribution in [2.45, 2.75) is 0 Å². The van der Waals surface area contributed by atoms with Gasteiger partial charge in [0, 0.05) is 7.11 Å². The molecule has 1 aromatic carbocycles. The fourth-order valence-corrected chi connectivity index (χ4v) is 0.888. The molecule has 0 aliphatic carbocycles. The van der Waals surface area contributed by atoms with Crippen LogP contribution in [0, 0.1) is 5.82 Å². The summed E-state index contributed by atoms with van der Waals surface area (Å²) >= 11 is 0. The Balaban J connectivity index is 2.93. The van der Waals surface area contributed by atoms with Gasteiger partial charge in [0.05, 0.1) is 5.56 Å². The minimum Gasteiger partial charge on any atom is -0.464 e. The zero-order chi connectivity index (χ0) is 9.68. The maximum absolute atomic E-state index is 13.0. The molecule has 0 fully saturated rings. The summed E-state index contributed by atoms with van der Waals surface area (Å²) in [7, 11) is 1.42. The Hall–Kier alpha value is -1.42. The van der Waals surface area contributed by atoms with Crippen LogP contribution in [0.4, 0.5) is 4.39 Å². The first-order valence-corrected chi connectivity index (χ1v) is 3.65. The molecule has 4 heteroatoms. The monoisotopic (exact) mass is 184 g/mol. The number of methoxy groups -OCH3 is 1. The molecule has 0 N–H and O–H groups in total. The largest absolute Gasteiger partial charge is 0.464 e. The van der Waals surface area contributed by atoms with E-state index >= 15 is 0 Å². The second-order valence-corrected chi connectivity index (χ2v) is 2.33. The third-order valence-corrected chi connectivity index (χ3v) is 1.45. The second kappa shape index (κ2) is 4.57. The van der Waals surface area contributed by atoms with Crippen LogP contribution in [0.15, 0.2) is 18.2 Å². The van der Waals surface area contributed by atoms with Gasteiger partial charge in [-0.15, -0.1) is 0 Å². The van der Waals surface area contributed by atoms with Gasteiger partial charge in [-0.2, -0.15) is 0 Å². The SMILES string of the molecule is COCOc1c(F)cccc1C=O. The molecule has 0 bridgehead atoms. The van der Waals surface area contributed by atoms with Crippen LogP contribution < -0.4 is 4.74 Å². The van der Waals surface area contributed by atoms with E-state index < -0.39 is 5.82 Å². The number of hydrogen-bond acceptors (Lipinski definition) is 3. The summed E-state index contributed by atoms with van der Waals surface area (Å²) in [5.41, 5.74) is 0.178. The maximum Gasteiger partial charge on any atom is 0.188 e. The summed E-state index contributed by atoms with van der Waals surface area (Å²) in [5.74, 6) is -0.638. The summed E-state index contributed by atoms with van der Waals surface area (Å²) in [6, 6.07) is 4.14. The second-order valence-electron chi connectivity index (χ2n) is 2.33. The fourth-order valence-electron chi connectivity index (χ4n) is 0.888. The average Bonchev–Trinajstić information content (AvgIpc) is 2.15. The first-order valence-electron chi connectivity index (χ1n) is 3.65. The lowest BCUT2D eigenvalue weighted by Gasteiger charge is -2.07. The molecule has 0 unspecified atom stereocenters. The summed E-state index contributed by atoms with van der Waals surface area (Å²) in [6.07, 6.45) is 0.536. The maximum atomic E-state index is 13.0. The lowest BCUT2D eigenvalue weighted by molar-refractivity contribution is 0.0477. The summed E-state index contributed by atoms with van der Waals surface area (Å²) in [6.45, 7) is -0.0816. The highest BCUT2D eigenvalue weighted by molar-refractivity contribution is 5.79. The number of ether oxygens (including phenoxy) is 2. The smallest absolute Gasteiger partial charge is 0.188 e. The van der Waals surface area contributed by atoms with Crippen LogP contribution in [0.3, 0.4) is 0 Å². The van der Waals surface area contributed by atoms with Gasteiger partial charge >= 0.3 is 0 Å². The first kappa shape index (κ1) is 9.67. The Bertz CT molecular complexity index is 299. The van der Waals surface area contributed by atoms with Gasteiger partial charge in [0.15, 0.2) is 24.6 Å². The van der Waals surface area contributed by atoms with Gasteiger partial charge in [-0.1, -0.05) is 6.07 Å². The number of benzene rings is 1. The quantitative estimate of drug-likeness (QED) is 0.527. The summed E-state index contributed by atoms with van der Waals surface area (Å²) in [4.78, 5) is 10.5. The lowest BCUT2D eigenvalue weighted by atomic mass is 10.2. The van der Waals surface area contributed by atoms with Gasteiger partial charge in [-0.05, 0) is 12.1 Å². The van der Waals surface area contributed by atoms with E-state index in [9.17, 15) is 9.18 Å². The van der Waals surface area contributed by atoms with Gasteiger partial charge in [0.1, 0.15) is 0 Å². The first-order chi connectivity index (χ1) is 6.29. The van der Waals surface area contributed by atoms with Crippen molar-refractivity contribution < 1.29 is 18.7 Å². The standard InChI is InChI=1S/C9H9FO3/c1-12-6-13-9-7(5-11)3-2-4-8(9)10/h2-5H,6H2,1H3. The van der Waals surface area contributed by atoms with Crippen molar-refractivity contribution in [2.24, 2.45) is 0 Å². The molecule has 0 saturated carbocycles. The minimum absolute atomic E-state index is 0.0700. The van der Waals surface area contributed by atoms with Crippen LogP contribution in [0.5, 0.6) is 5.75 Å². The number of halogens is 1. The van der Waals surface area contributed by atoms with Crippen molar-refractivity contribution in [3.8, 4) is 5.75 Å². The molecule has 3 nitrogen and oxygen atoms in total. The predicted octanol–water partition coefficient (Wildman–Crippen LogP) is 1.62. The Kier molecular flexibility index (Phi) is 3.40. The number of aldehydes is 1. The highest BCUT2D eigenvalue weighted by Gasteiger charge is 2.08. The van der Waals surface area contributed by atoms with E-state index in [1.807, 2.05) is 0 Å². The van der Waals surface area contributed by atoms with Crippen molar-refractivity contribution >= 4 is 6.29 Å². The van der Waals surface area contributed by atoms with Gasteiger partial charge in [-0.3, -0.25) is 4.79 Å². The molecule has 0 saturated heterocycles. The summed E-state index contributed by atoms with van der Waals surface area (Å²) in [5, 5.41) is 0. The Morgan fingerprint density at radius 2 is 2.31 bits per heavy atom. The number of carbonyl (C=O) groups is 1. The third-order valence-electron chi connectivity index (χ3n) is 1.45. The van der Waals surface area contributed by atoms with Crippen molar-refractivity contribution in [1.82, 2.24) is 0 Å². The molecule has 0 aliphatic heterocycles. The summed E-state index contributed by atoms with van der Waals surface area (Å²) < 4.78 is 22.5. The van der Waals surface area contributed by atoms with E-state index in [0.29, 0.717) is 6.29 Å². The Labute approximate surface area is 75.1 Å². The van der Waals surface area contributed by atoms with Crippen molar-refractivity contribution in [3.05, 3.63) is 29.6 Å². The van der Waals surface area contributed by atoms with Crippen LogP contribution in [0.25, 0.3) is 0 Å². The number of rotatable bonds is 4. The topological polar surface area (TPSA) is 35.5 Å². The Morgan fingerprint density at radius 1 is 1.54 bits per heavy atom. The van der Waals surface area contributed by atoms with Gasteiger partial charge < -0.3 is 9.47 Å². The molecule has 0 heterocycles. The number of carbonyl (C=O) groups excluding carboxylic acids is 1. The van der Waals surface area contributed by atoms with Crippen LogP contribution in [-0.4, -0.2) is 20.2 Å². The predicted molar refractivity (Wildman–Crippen MR) is 44.3 cm³/mol. The van der Waals surface area contributed by atoms with E-state index in [1.54, 1.807) is 0 Å². The molecule has 1 rings (SSSR count). The zero-order valence-corrected chi connectivity index (χ0v) is 7.12. The van der Waals surface area contributed by atoms with Crippen LogP contribution in [-0.2, 0) is 4.74 Å². The Morgan fingerprint density at radius 3 is 2.92 bits per heavy atom. The molecule has 13 heavy (non-hydrogen) atoms. The minimum atomic E-state index is -0.568. The van der Waals surface area contributed by atoms with E-state index in [4.69, 9.17) is 4.74 Å².